The average Bonchev–Trinajstić information content (AvgIpc) is 2.98. The Labute approximate surface area is 162 Å². The van der Waals surface area contributed by atoms with E-state index in [1.54, 1.807) is 4.68 Å². The smallest absolute Gasteiger partial charge is 0.273 e. The molecule has 2 N–H and O–H groups in total. The minimum absolute atomic E-state index is 0. The van der Waals surface area contributed by atoms with Crippen LogP contribution in [0.15, 0.2) is 24.3 Å². The van der Waals surface area contributed by atoms with Gasteiger partial charge < -0.3 is 10.6 Å². The van der Waals surface area contributed by atoms with Crippen molar-refractivity contribution in [1.29, 1.82) is 0 Å². The van der Waals surface area contributed by atoms with Crippen LogP contribution in [-0.2, 0) is 11.8 Å². The van der Waals surface area contributed by atoms with Gasteiger partial charge in [-0.1, -0.05) is 51.5 Å². The van der Waals surface area contributed by atoms with Crippen LogP contribution in [0.5, 0.6) is 0 Å². The Morgan fingerprint density at radius 1 is 1.15 bits per heavy atom. The number of hydrogen-bond donors (Lipinski definition) is 2. The summed E-state index contributed by atoms with van der Waals surface area (Å²) >= 11 is 0. The molecule has 7 heteroatoms. The predicted octanol–water partition coefficient (Wildman–Crippen LogP) is 2.89. The van der Waals surface area contributed by atoms with E-state index in [0.717, 1.165) is 30.8 Å². The van der Waals surface area contributed by atoms with E-state index in [1.807, 2.05) is 19.2 Å². The van der Waals surface area contributed by atoms with Gasteiger partial charge in [-0.15, -0.1) is 17.5 Å². The minimum Gasteiger partial charge on any atom is -0.349 e. The van der Waals surface area contributed by atoms with Crippen molar-refractivity contribution in [3.8, 4) is 5.69 Å². The second-order valence-electron chi connectivity index (χ2n) is 7.20. The lowest BCUT2D eigenvalue weighted by Crippen LogP contribution is -2.31. The number of rotatable bonds is 7. The van der Waals surface area contributed by atoms with Gasteiger partial charge in [-0.2, -0.15) is 0 Å². The number of aromatic nitrogens is 3. The highest BCUT2D eigenvalue weighted by molar-refractivity contribution is 5.93. The maximum absolute atomic E-state index is 12.4. The van der Waals surface area contributed by atoms with E-state index < -0.39 is 0 Å². The van der Waals surface area contributed by atoms with E-state index in [9.17, 15) is 4.79 Å². The maximum atomic E-state index is 12.4. The second kappa shape index (κ2) is 9.69. The van der Waals surface area contributed by atoms with Crippen LogP contribution in [-0.4, -0.2) is 41.0 Å². The number of nitrogens with zero attached hydrogens (tertiary/aromatic N) is 3. The second-order valence-corrected chi connectivity index (χ2v) is 7.20. The van der Waals surface area contributed by atoms with Gasteiger partial charge in [0.15, 0.2) is 5.69 Å². The Morgan fingerprint density at radius 2 is 1.81 bits per heavy atom. The summed E-state index contributed by atoms with van der Waals surface area (Å²) in [6.45, 7) is 9.93. The summed E-state index contributed by atoms with van der Waals surface area (Å²) in [4.78, 5) is 12.4. The topological polar surface area (TPSA) is 71.8 Å². The fourth-order valence-electron chi connectivity index (χ4n) is 2.63. The zero-order valence-corrected chi connectivity index (χ0v) is 17.1. The first-order valence-electron chi connectivity index (χ1n) is 8.86. The first-order valence-corrected chi connectivity index (χ1v) is 8.86. The summed E-state index contributed by atoms with van der Waals surface area (Å²) in [7, 11) is 1.85. The van der Waals surface area contributed by atoms with Crippen molar-refractivity contribution in [3.63, 3.8) is 0 Å². The molecule has 0 aliphatic rings. The SMILES string of the molecule is CCCc1c(C(=O)NCCNC)nnn1-c1ccc(C(C)(C)C)cc1.Cl. The summed E-state index contributed by atoms with van der Waals surface area (Å²) in [5, 5.41) is 14.3. The van der Waals surface area contributed by atoms with Gasteiger partial charge >= 0.3 is 0 Å². The Morgan fingerprint density at radius 3 is 2.35 bits per heavy atom. The summed E-state index contributed by atoms with van der Waals surface area (Å²) < 4.78 is 1.78. The third-order valence-corrected chi connectivity index (χ3v) is 4.10. The molecule has 1 amide bonds. The van der Waals surface area contributed by atoms with Crippen molar-refractivity contribution in [2.75, 3.05) is 20.1 Å². The molecular weight excluding hydrogens is 350 g/mol. The van der Waals surface area contributed by atoms with Crippen LogP contribution in [0.3, 0.4) is 0 Å². The minimum atomic E-state index is -0.170. The number of hydrogen-bond acceptors (Lipinski definition) is 4. The third-order valence-electron chi connectivity index (χ3n) is 4.10. The summed E-state index contributed by atoms with van der Waals surface area (Å²) in [6, 6.07) is 8.30. The molecule has 0 aliphatic heterocycles. The van der Waals surface area contributed by atoms with Crippen molar-refractivity contribution >= 4 is 18.3 Å². The molecule has 0 spiro atoms. The molecule has 1 heterocycles. The van der Waals surface area contributed by atoms with Crippen molar-refractivity contribution < 1.29 is 4.79 Å². The van der Waals surface area contributed by atoms with Crippen molar-refractivity contribution in [2.45, 2.75) is 46.0 Å². The fourth-order valence-corrected chi connectivity index (χ4v) is 2.63. The van der Waals surface area contributed by atoms with E-state index >= 15 is 0 Å². The van der Waals surface area contributed by atoms with Crippen LogP contribution in [0, 0.1) is 0 Å². The molecule has 0 bridgehead atoms. The molecule has 2 rings (SSSR count). The monoisotopic (exact) mass is 379 g/mol. The molecule has 0 fully saturated rings. The van der Waals surface area contributed by atoms with Crippen LogP contribution < -0.4 is 10.6 Å². The van der Waals surface area contributed by atoms with Gasteiger partial charge in [-0.25, -0.2) is 4.68 Å². The molecule has 1 aromatic heterocycles. The summed E-state index contributed by atoms with van der Waals surface area (Å²) in [5.74, 6) is -0.170. The number of carbonyl (C=O) groups is 1. The van der Waals surface area contributed by atoms with Crippen LogP contribution in [0.25, 0.3) is 5.69 Å². The van der Waals surface area contributed by atoms with Gasteiger partial charge in [0.2, 0.25) is 0 Å². The Balaban J connectivity index is 0.00000338. The lowest BCUT2D eigenvalue weighted by Gasteiger charge is -2.19. The number of halogens is 1. The Bertz CT molecular complexity index is 704. The standard InChI is InChI=1S/C19H29N5O.ClH/c1-6-7-16-17(18(25)21-13-12-20-5)22-23-24(16)15-10-8-14(9-11-15)19(2,3)4;/h8-11,20H,6-7,12-13H2,1-5H3,(H,21,25);1H. The van der Waals surface area contributed by atoms with Crippen molar-refractivity contribution in [1.82, 2.24) is 25.6 Å². The molecule has 6 nitrogen and oxygen atoms in total. The summed E-state index contributed by atoms with van der Waals surface area (Å²) in [5.41, 5.74) is 3.56. The Hall–Kier alpha value is -1.92. The molecule has 0 unspecified atom stereocenters. The van der Waals surface area contributed by atoms with Crippen LogP contribution in [0.4, 0.5) is 0 Å². The molecule has 144 valence electrons. The third kappa shape index (κ3) is 5.29. The van der Waals surface area contributed by atoms with Gasteiger partial charge in [0.1, 0.15) is 0 Å². The number of benzene rings is 1. The number of likely N-dealkylation sites (N-methyl/N-ethyl adjacent to an activating group) is 1. The van der Waals surface area contributed by atoms with Crippen LogP contribution >= 0.6 is 12.4 Å². The normalized spacial score (nSPS) is 11.1. The van der Waals surface area contributed by atoms with E-state index in [4.69, 9.17) is 0 Å². The zero-order valence-electron chi connectivity index (χ0n) is 16.3. The van der Waals surface area contributed by atoms with Gasteiger partial charge in [0.05, 0.1) is 11.4 Å². The van der Waals surface area contributed by atoms with Crippen molar-refractivity contribution in [3.05, 3.63) is 41.2 Å². The molecule has 0 saturated heterocycles. The van der Waals surface area contributed by atoms with Gasteiger partial charge in [-0.3, -0.25) is 4.79 Å². The quantitative estimate of drug-likeness (QED) is 0.725. The average molecular weight is 380 g/mol. The van der Waals surface area contributed by atoms with E-state index in [-0.39, 0.29) is 23.7 Å². The number of carbonyl (C=O) groups excluding carboxylic acids is 1. The maximum Gasteiger partial charge on any atom is 0.273 e. The molecule has 0 saturated carbocycles. The molecule has 0 aliphatic carbocycles. The number of nitrogens with one attached hydrogen (secondary N) is 2. The molecule has 0 radical (unpaired) electrons. The van der Waals surface area contributed by atoms with Gasteiger partial charge in [0.25, 0.3) is 5.91 Å². The molecule has 2 aromatic rings. The molecular formula is C19H30ClN5O. The van der Waals surface area contributed by atoms with Gasteiger partial charge in [0, 0.05) is 13.1 Å². The highest BCUT2D eigenvalue weighted by atomic mass is 35.5. The largest absolute Gasteiger partial charge is 0.349 e. The lowest BCUT2D eigenvalue weighted by atomic mass is 9.87. The van der Waals surface area contributed by atoms with E-state index in [1.165, 1.54) is 5.56 Å². The summed E-state index contributed by atoms with van der Waals surface area (Å²) in [6.07, 6.45) is 1.67. The lowest BCUT2D eigenvalue weighted by molar-refractivity contribution is 0.0948. The first kappa shape index (κ1) is 22.1. The Kier molecular flexibility index (Phi) is 8.24. The van der Waals surface area contributed by atoms with Crippen LogP contribution in [0.2, 0.25) is 0 Å². The van der Waals surface area contributed by atoms with Crippen LogP contribution in [0.1, 0.15) is 55.9 Å². The van der Waals surface area contributed by atoms with Gasteiger partial charge in [-0.05, 0) is 36.6 Å². The molecule has 26 heavy (non-hydrogen) atoms. The first-order chi connectivity index (χ1) is 11.9. The van der Waals surface area contributed by atoms with Crippen molar-refractivity contribution in [2.24, 2.45) is 0 Å². The molecule has 1 aromatic carbocycles. The fraction of sp³-hybridized carbons (Fsp3) is 0.526. The predicted molar refractivity (Wildman–Crippen MR) is 108 cm³/mol. The highest BCUT2D eigenvalue weighted by Crippen LogP contribution is 2.24. The molecule has 0 atom stereocenters. The number of amides is 1. The van der Waals surface area contributed by atoms with E-state index in [0.29, 0.717) is 12.2 Å². The zero-order chi connectivity index (χ0) is 18.4. The highest BCUT2D eigenvalue weighted by Gasteiger charge is 2.20. The van der Waals surface area contributed by atoms with E-state index in [2.05, 4.69) is 60.8 Å².